The van der Waals surface area contributed by atoms with Gasteiger partial charge in [0.25, 0.3) is 5.91 Å². The van der Waals surface area contributed by atoms with E-state index in [-0.39, 0.29) is 5.92 Å². The van der Waals surface area contributed by atoms with E-state index in [0.29, 0.717) is 23.5 Å². The molecule has 0 aliphatic heterocycles. The van der Waals surface area contributed by atoms with Crippen LogP contribution in [0.25, 0.3) is 0 Å². The number of carbonyl (C=O) groups excluding carboxylic acids is 1. The SMILES string of the molecule is COc1ccc(C(=O)NC(CC(C)C)C(=O)O)cc1OC. The van der Waals surface area contributed by atoms with Gasteiger partial charge in [-0.05, 0) is 30.5 Å². The lowest BCUT2D eigenvalue weighted by molar-refractivity contribution is -0.139. The maximum absolute atomic E-state index is 12.1. The molecule has 1 atom stereocenters. The molecule has 21 heavy (non-hydrogen) atoms. The largest absolute Gasteiger partial charge is 0.493 e. The van der Waals surface area contributed by atoms with Crippen molar-refractivity contribution in [2.24, 2.45) is 5.92 Å². The van der Waals surface area contributed by atoms with Crippen molar-refractivity contribution in [1.29, 1.82) is 0 Å². The lowest BCUT2D eigenvalue weighted by Gasteiger charge is -2.17. The second-order valence-corrected chi connectivity index (χ2v) is 5.06. The van der Waals surface area contributed by atoms with Gasteiger partial charge < -0.3 is 19.9 Å². The van der Waals surface area contributed by atoms with Gasteiger partial charge in [0, 0.05) is 5.56 Å². The van der Waals surface area contributed by atoms with Crippen LogP contribution in [0, 0.1) is 5.92 Å². The second kappa shape index (κ2) is 7.52. The van der Waals surface area contributed by atoms with Crippen molar-refractivity contribution in [3.05, 3.63) is 23.8 Å². The zero-order chi connectivity index (χ0) is 16.0. The fraction of sp³-hybridized carbons (Fsp3) is 0.467. The Hall–Kier alpha value is -2.24. The number of hydrogen-bond donors (Lipinski definition) is 2. The minimum absolute atomic E-state index is 0.164. The average molecular weight is 295 g/mol. The fourth-order valence-electron chi connectivity index (χ4n) is 1.91. The Kier molecular flexibility index (Phi) is 6.02. The second-order valence-electron chi connectivity index (χ2n) is 5.06. The standard InChI is InChI=1S/C15H21NO5/c1-9(2)7-11(15(18)19)16-14(17)10-5-6-12(20-3)13(8-10)21-4/h5-6,8-9,11H,7H2,1-4H3,(H,16,17)(H,18,19). The predicted molar refractivity (Wildman–Crippen MR) is 77.9 cm³/mol. The van der Waals surface area contributed by atoms with Crippen LogP contribution in [-0.4, -0.2) is 37.2 Å². The molecule has 0 aromatic heterocycles. The van der Waals surface area contributed by atoms with E-state index >= 15 is 0 Å². The van der Waals surface area contributed by atoms with E-state index in [2.05, 4.69) is 5.32 Å². The molecule has 1 amide bonds. The number of nitrogens with one attached hydrogen (secondary N) is 1. The van der Waals surface area contributed by atoms with Crippen molar-refractivity contribution in [3.8, 4) is 11.5 Å². The maximum Gasteiger partial charge on any atom is 0.326 e. The third-order valence-electron chi connectivity index (χ3n) is 2.96. The van der Waals surface area contributed by atoms with Gasteiger partial charge >= 0.3 is 5.97 Å². The summed E-state index contributed by atoms with van der Waals surface area (Å²) in [7, 11) is 2.97. The number of hydrogen-bond acceptors (Lipinski definition) is 4. The molecule has 0 aliphatic carbocycles. The van der Waals surface area contributed by atoms with Crippen LogP contribution in [-0.2, 0) is 4.79 Å². The minimum atomic E-state index is -1.04. The van der Waals surface area contributed by atoms with Crippen LogP contribution in [0.4, 0.5) is 0 Å². The Balaban J connectivity index is 2.89. The molecular weight excluding hydrogens is 274 g/mol. The first-order valence-corrected chi connectivity index (χ1v) is 6.64. The highest BCUT2D eigenvalue weighted by Gasteiger charge is 2.22. The molecule has 0 spiro atoms. The lowest BCUT2D eigenvalue weighted by Crippen LogP contribution is -2.41. The van der Waals surface area contributed by atoms with Crippen molar-refractivity contribution in [3.63, 3.8) is 0 Å². The third kappa shape index (κ3) is 4.66. The molecule has 0 saturated heterocycles. The topological polar surface area (TPSA) is 84.9 Å². The fourth-order valence-corrected chi connectivity index (χ4v) is 1.91. The van der Waals surface area contributed by atoms with Crippen molar-refractivity contribution in [2.45, 2.75) is 26.3 Å². The zero-order valence-corrected chi connectivity index (χ0v) is 12.7. The van der Waals surface area contributed by atoms with E-state index < -0.39 is 17.9 Å². The van der Waals surface area contributed by atoms with Gasteiger partial charge in [0.15, 0.2) is 11.5 Å². The summed E-state index contributed by atoms with van der Waals surface area (Å²) in [6, 6.07) is 3.77. The van der Waals surface area contributed by atoms with Crippen molar-refractivity contribution in [1.82, 2.24) is 5.32 Å². The van der Waals surface area contributed by atoms with Gasteiger partial charge in [0.2, 0.25) is 0 Å². The van der Waals surface area contributed by atoms with Gasteiger partial charge in [-0.3, -0.25) is 4.79 Å². The van der Waals surface area contributed by atoms with E-state index in [0.717, 1.165) is 0 Å². The van der Waals surface area contributed by atoms with E-state index in [1.165, 1.54) is 20.3 Å². The molecule has 1 aromatic rings. The molecule has 116 valence electrons. The van der Waals surface area contributed by atoms with Crippen molar-refractivity contribution >= 4 is 11.9 Å². The quantitative estimate of drug-likeness (QED) is 0.803. The van der Waals surface area contributed by atoms with Gasteiger partial charge in [-0.2, -0.15) is 0 Å². The summed E-state index contributed by atoms with van der Waals surface area (Å²) in [5, 5.41) is 11.7. The summed E-state index contributed by atoms with van der Waals surface area (Å²) in [6.45, 7) is 3.80. The molecule has 0 aliphatic rings. The summed E-state index contributed by atoms with van der Waals surface area (Å²) in [4.78, 5) is 23.3. The summed E-state index contributed by atoms with van der Waals surface area (Å²) >= 11 is 0. The monoisotopic (exact) mass is 295 g/mol. The van der Waals surface area contributed by atoms with Crippen LogP contribution in [0.5, 0.6) is 11.5 Å². The molecule has 0 fully saturated rings. The number of methoxy groups -OCH3 is 2. The van der Waals surface area contributed by atoms with Crippen molar-refractivity contribution in [2.75, 3.05) is 14.2 Å². The third-order valence-corrected chi connectivity index (χ3v) is 2.96. The van der Waals surface area contributed by atoms with Crippen LogP contribution in [0.3, 0.4) is 0 Å². The molecule has 1 aromatic carbocycles. The summed E-state index contributed by atoms with van der Waals surface area (Å²) in [6.07, 6.45) is 0.369. The molecule has 0 heterocycles. The Labute approximate surface area is 124 Å². The van der Waals surface area contributed by atoms with Gasteiger partial charge in [0.05, 0.1) is 14.2 Å². The highest BCUT2D eigenvalue weighted by Crippen LogP contribution is 2.27. The molecule has 1 rings (SSSR count). The Morgan fingerprint density at radius 2 is 1.81 bits per heavy atom. The molecule has 0 saturated carbocycles. The molecule has 6 heteroatoms. The molecular formula is C15H21NO5. The van der Waals surface area contributed by atoms with Crippen LogP contribution in [0.2, 0.25) is 0 Å². The predicted octanol–water partition coefficient (Wildman–Crippen LogP) is 1.93. The highest BCUT2D eigenvalue weighted by molar-refractivity contribution is 5.97. The van der Waals surface area contributed by atoms with Gasteiger partial charge in [0.1, 0.15) is 6.04 Å². The first-order chi connectivity index (χ1) is 9.88. The normalized spacial score (nSPS) is 11.9. The van der Waals surface area contributed by atoms with Crippen molar-refractivity contribution < 1.29 is 24.2 Å². The zero-order valence-electron chi connectivity index (χ0n) is 12.7. The van der Waals surface area contributed by atoms with Crippen LogP contribution < -0.4 is 14.8 Å². The molecule has 2 N–H and O–H groups in total. The number of carboxylic acid groups (broad SMARTS) is 1. The molecule has 0 radical (unpaired) electrons. The molecule has 1 unspecified atom stereocenters. The van der Waals surface area contributed by atoms with E-state index in [4.69, 9.17) is 14.6 Å². The summed E-state index contributed by atoms with van der Waals surface area (Å²) < 4.78 is 10.2. The minimum Gasteiger partial charge on any atom is -0.493 e. The first kappa shape index (κ1) is 16.8. The van der Waals surface area contributed by atoms with Gasteiger partial charge in [-0.1, -0.05) is 13.8 Å². The number of benzene rings is 1. The van der Waals surface area contributed by atoms with Crippen LogP contribution >= 0.6 is 0 Å². The average Bonchev–Trinajstić information content (AvgIpc) is 2.45. The summed E-state index contributed by atoms with van der Waals surface area (Å²) in [5.74, 6) is -0.412. The first-order valence-electron chi connectivity index (χ1n) is 6.64. The lowest BCUT2D eigenvalue weighted by atomic mass is 10.0. The number of rotatable bonds is 7. The Bertz CT molecular complexity index is 513. The van der Waals surface area contributed by atoms with E-state index in [1.54, 1.807) is 12.1 Å². The smallest absolute Gasteiger partial charge is 0.326 e. The summed E-state index contributed by atoms with van der Waals surface area (Å²) in [5.41, 5.74) is 0.322. The van der Waals surface area contributed by atoms with Gasteiger partial charge in [-0.15, -0.1) is 0 Å². The number of aliphatic carboxylic acids is 1. The van der Waals surface area contributed by atoms with E-state index in [1.807, 2.05) is 13.8 Å². The number of carboxylic acids is 1. The van der Waals surface area contributed by atoms with Gasteiger partial charge in [-0.25, -0.2) is 4.79 Å². The molecule has 0 bridgehead atoms. The number of amides is 1. The number of carbonyl (C=O) groups is 2. The van der Waals surface area contributed by atoms with Crippen LogP contribution in [0.15, 0.2) is 18.2 Å². The highest BCUT2D eigenvalue weighted by atomic mass is 16.5. The maximum atomic E-state index is 12.1. The van der Waals surface area contributed by atoms with E-state index in [9.17, 15) is 9.59 Å². The molecule has 6 nitrogen and oxygen atoms in total. The Morgan fingerprint density at radius 1 is 1.19 bits per heavy atom. The van der Waals surface area contributed by atoms with Crippen LogP contribution in [0.1, 0.15) is 30.6 Å². The Morgan fingerprint density at radius 3 is 2.29 bits per heavy atom. The number of ether oxygens (including phenoxy) is 2.